The van der Waals surface area contributed by atoms with Crippen molar-refractivity contribution in [3.63, 3.8) is 0 Å². The van der Waals surface area contributed by atoms with E-state index in [0.29, 0.717) is 11.0 Å². The number of nitrogens with zero attached hydrogens (tertiary/aromatic N) is 3. The SMILES string of the molecule is C[C@@H]1CN(c2ncnc(Cl)c2CCl)C[C@H](C)O1. The molecule has 0 N–H and O–H groups in total. The zero-order chi connectivity index (χ0) is 12.4. The molecule has 94 valence electrons. The van der Waals surface area contributed by atoms with Gasteiger partial charge in [0.05, 0.1) is 18.1 Å². The van der Waals surface area contributed by atoms with Crippen molar-refractivity contribution >= 4 is 29.0 Å². The monoisotopic (exact) mass is 275 g/mol. The summed E-state index contributed by atoms with van der Waals surface area (Å²) in [7, 11) is 0. The summed E-state index contributed by atoms with van der Waals surface area (Å²) in [6.07, 6.45) is 1.82. The van der Waals surface area contributed by atoms with Crippen LogP contribution >= 0.6 is 23.2 Å². The molecule has 2 heterocycles. The van der Waals surface area contributed by atoms with Gasteiger partial charge in [-0.05, 0) is 13.8 Å². The van der Waals surface area contributed by atoms with Gasteiger partial charge in [0.2, 0.25) is 0 Å². The van der Waals surface area contributed by atoms with E-state index >= 15 is 0 Å². The largest absolute Gasteiger partial charge is 0.372 e. The third kappa shape index (κ3) is 2.81. The first-order valence-electron chi connectivity index (χ1n) is 5.57. The summed E-state index contributed by atoms with van der Waals surface area (Å²) in [6, 6.07) is 0. The molecule has 1 fully saturated rings. The second-order valence-corrected chi connectivity index (χ2v) is 4.89. The van der Waals surface area contributed by atoms with Crippen molar-refractivity contribution in [1.82, 2.24) is 9.97 Å². The van der Waals surface area contributed by atoms with Crippen LogP contribution in [0.3, 0.4) is 0 Å². The molecule has 2 atom stereocenters. The first kappa shape index (κ1) is 12.9. The summed E-state index contributed by atoms with van der Waals surface area (Å²) in [6.45, 7) is 5.68. The molecule has 0 radical (unpaired) electrons. The molecule has 2 rings (SSSR count). The van der Waals surface area contributed by atoms with Gasteiger partial charge in [-0.25, -0.2) is 9.97 Å². The van der Waals surface area contributed by atoms with Gasteiger partial charge < -0.3 is 9.64 Å². The number of hydrogen-bond acceptors (Lipinski definition) is 4. The van der Waals surface area contributed by atoms with Crippen molar-refractivity contribution < 1.29 is 4.74 Å². The Balaban J connectivity index is 2.30. The smallest absolute Gasteiger partial charge is 0.138 e. The lowest BCUT2D eigenvalue weighted by molar-refractivity contribution is -0.00550. The van der Waals surface area contributed by atoms with Gasteiger partial charge in [0.1, 0.15) is 17.3 Å². The maximum atomic E-state index is 6.03. The maximum Gasteiger partial charge on any atom is 0.138 e. The van der Waals surface area contributed by atoms with Gasteiger partial charge in [-0.2, -0.15) is 0 Å². The van der Waals surface area contributed by atoms with E-state index in [2.05, 4.69) is 14.9 Å². The Kier molecular flexibility index (Phi) is 4.07. The number of hydrogen-bond donors (Lipinski definition) is 0. The van der Waals surface area contributed by atoms with Crippen molar-refractivity contribution in [1.29, 1.82) is 0 Å². The van der Waals surface area contributed by atoms with E-state index in [-0.39, 0.29) is 12.2 Å². The van der Waals surface area contributed by atoms with E-state index in [9.17, 15) is 0 Å². The van der Waals surface area contributed by atoms with Gasteiger partial charge in [0, 0.05) is 18.7 Å². The Morgan fingerprint density at radius 2 is 2.00 bits per heavy atom. The lowest BCUT2D eigenvalue weighted by atomic mass is 10.2. The highest BCUT2D eigenvalue weighted by Crippen LogP contribution is 2.27. The van der Waals surface area contributed by atoms with Crippen molar-refractivity contribution in [2.24, 2.45) is 0 Å². The molecule has 0 amide bonds. The summed E-state index contributed by atoms with van der Waals surface area (Å²) < 4.78 is 5.69. The van der Waals surface area contributed by atoms with E-state index in [4.69, 9.17) is 27.9 Å². The molecule has 0 unspecified atom stereocenters. The van der Waals surface area contributed by atoms with Crippen LogP contribution in [0.5, 0.6) is 0 Å². The van der Waals surface area contributed by atoms with Crippen LogP contribution in [-0.2, 0) is 10.6 Å². The van der Waals surface area contributed by atoms with Crippen LogP contribution in [0.1, 0.15) is 19.4 Å². The number of halogens is 2. The quantitative estimate of drug-likeness (QED) is 0.614. The van der Waals surface area contributed by atoms with Gasteiger partial charge in [-0.3, -0.25) is 0 Å². The second kappa shape index (κ2) is 5.38. The Morgan fingerprint density at radius 1 is 1.35 bits per heavy atom. The minimum Gasteiger partial charge on any atom is -0.372 e. The molecule has 0 aliphatic carbocycles. The number of morpholine rings is 1. The van der Waals surface area contributed by atoms with Crippen LogP contribution in [0.25, 0.3) is 0 Å². The Bertz CT molecular complexity index is 392. The molecular formula is C11H15Cl2N3O. The number of rotatable bonds is 2. The molecule has 6 heteroatoms. The highest BCUT2D eigenvalue weighted by Gasteiger charge is 2.25. The van der Waals surface area contributed by atoms with Crippen LogP contribution in [0, 0.1) is 0 Å². The predicted octanol–water partition coefficient (Wildman–Crippen LogP) is 2.48. The molecule has 0 bridgehead atoms. The average molecular weight is 276 g/mol. The Labute approximate surface area is 111 Å². The standard InChI is InChI=1S/C11H15Cl2N3O/c1-7-4-16(5-8(2)17-7)11-9(3-12)10(13)14-6-15-11/h6-8H,3-5H2,1-2H3/t7-,8+. The first-order chi connectivity index (χ1) is 8.11. The summed E-state index contributed by atoms with van der Waals surface area (Å²) in [5.41, 5.74) is 0.789. The Hall–Kier alpha value is -0.580. The van der Waals surface area contributed by atoms with Crippen LogP contribution in [0.2, 0.25) is 5.15 Å². The van der Waals surface area contributed by atoms with E-state index in [1.54, 1.807) is 0 Å². The molecule has 4 nitrogen and oxygen atoms in total. The number of anilines is 1. The van der Waals surface area contributed by atoms with Crippen molar-refractivity contribution in [3.8, 4) is 0 Å². The molecule has 0 saturated carbocycles. The summed E-state index contributed by atoms with van der Waals surface area (Å²) in [5.74, 6) is 1.14. The summed E-state index contributed by atoms with van der Waals surface area (Å²) in [5, 5.41) is 0.428. The number of aromatic nitrogens is 2. The highest BCUT2D eigenvalue weighted by molar-refractivity contribution is 6.31. The maximum absolute atomic E-state index is 6.03. The fourth-order valence-electron chi connectivity index (χ4n) is 2.12. The van der Waals surface area contributed by atoms with Crippen molar-refractivity contribution in [2.75, 3.05) is 18.0 Å². The van der Waals surface area contributed by atoms with Crippen LogP contribution in [0.15, 0.2) is 6.33 Å². The predicted molar refractivity (Wildman–Crippen MR) is 68.8 cm³/mol. The zero-order valence-electron chi connectivity index (χ0n) is 9.86. The summed E-state index contributed by atoms with van der Waals surface area (Å²) in [4.78, 5) is 10.4. The average Bonchev–Trinajstić information content (AvgIpc) is 2.27. The second-order valence-electron chi connectivity index (χ2n) is 4.26. The van der Waals surface area contributed by atoms with Crippen LogP contribution in [-0.4, -0.2) is 35.3 Å². The first-order valence-corrected chi connectivity index (χ1v) is 6.48. The van der Waals surface area contributed by atoms with E-state index in [1.165, 1.54) is 6.33 Å². The van der Waals surface area contributed by atoms with Crippen molar-refractivity contribution in [2.45, 2.75) is 31.9 Å². The van der Waals surface area contributed by atoms with Gasteiger partial charge in [-0.1, -0.05) is 11.6 Å². The minimum atomic E-state index is 0.177. The normalized spacial score (nSPS) is 25.1. The fraction of sp³-hybridized carbons (Fsp3) is 0.636. The molecule has 1 aromatic heterocycles. The Morgan fingerprint density at radius 3 is 2.59 bits per heavy atom. The van der Waals surface area contributed by atoms with Gasteiger partial charge >= 0.3 is 0 Å². The molecular weight excluding hydrogens is 261 g/mol. The van der Waals surface area contributed by atoms with E-state index in [0.717, 1.165) is 24.5 Å². The third-order valence-corrected chi connectivity index (χ3v) is 3.32. The van der Waals surface area contributed by atoms with Crippen molar-refractivity contribution in [3.05, 3.63) is 17.0 Å². The van der Waals surface area contributed by atoms with E-state index in [1.807, 2.05) is 13.8 Å². The molecule has 1 saturated heterocycles. The number of alkyl halides is 1. The molecule has 1 aliphatic rings. The highest BCUT2D eigenvalue weighted by atomic mass is 35.5. The van der Waals surface area contributed by atoms with Gasteiger partial charge in [0.25, 0.3) is 0 Å². The van der Waals surface area contributed by atoms with Crippen LogP contribution < -0.4 is 4.90 Å². The lowest BCUT2D eigenvalue weighted by Gasteiger charge is -2.36. The lowest BCUT2D eigenvalue weighted by Crippen LogP contribution is -2.46. The molecule has 17 heavy (non-hydrogen) atoms. The molecule has 0 aromatic carbocycles. The third-order valence-electron chi connectivity index (χ3n) is 2.72. The molecule has 0 spiro atoms. The minimum absolute atomic E-state index is 0.177. The summed E-state index contributed by atoms with van der Waals surface area (Å²) >= 11 is 11.9. The molecule has 1 aromatic rings. The topological polar surface area (TPSA) is 38.2 Å². The van der Waals surface area contributed by atoms with E-state index < -0.39 is 0 Å². The molecule has 1 aliphatic heterocycles. The van der Waals surface area contributed by atoms with Gasteiger partial charge in [-0.15, -0.1) is 11.6 Å². The zero-order valence-corrected chi connectivity index (χ0v) is 11.4. The van der Waals surface area contributed by atoms with Crippen LogP contribution in [0.4, 0.5) is 5.82 Å². The number of ether oxygens (including phenoxy) is 1. The van der Waals surface area contributed by atoms with Gasteiger partial charge in [0.15, 0.2) is 0 Å². The fourth-order valence-corrected chi connectivity index (χ4v) is 2.63.